The molecule has 2 nitrogen and oxygen atoms in total. The molecule has 3 unspecified atom stereocenters. The van der Waals surface area contributed by atoms with Crippen LogP contribution >= 0.6 is 0 Å². The summed E-state index contributed by atoms with van der Waals surface area (Å²) in [6.45, 7) is 5.96. The summed E-state index contributed by atoms with van der Waals surface area (Å²) in [6.07, 6.45) is 9.27. The number of aliphatic hydroxyl groups excluding tert-OH is 1. The highest BCUT2D eigenvalue weighted by Gasteiger charge is 2.15. The molecule has 0 radical (unpaired) electrons. The molecule has 0 aromatic rings. The van der Waals surface area contributed by atoms with E-state index in [1.807, 2.05) is 0 Å². The van der Waals surface area contributed by atoms with E-state index in [0.29, 0.717) is 12.5 Å². The Kier molecular flexibility index (Phi) is 7.06. The van der Waals surface area contributed by atoms with Gasteiger partial charge in [0.2, 0.25) is 0 Å². The van der Waals surface area contributed by atoms with Crippen molar-refractivity contribution in [3.8, 4) is 0 Å². The van der Waals surface area contributed by atoms with Gasteiger partial charge in [-0.2, -0.15) is 0 Å². The maximum atomic E-state index is 8.93. The normalized spacial score (nSPS) is 28.7. The van der Waals surface area contributed by atoms with Gasteiger partial charge in [-0.15, -0.1) is 0 Å². The summed E-state index contributed by atoms with van der Waals surface area (Å²) in [5, 5.41) is 12.6. The summed E-state index contributed by atoms with van der Waals surface area (Å²) in [6, 6.07) is 0.759. The third-order valence-corrected chi connectivity index (χ3v) is 3.88. The second-order valence-corrected chi connectivity index (χ2v) is 5.69. The topological polar surface area (TPSA) is 32.3 Å². The molecule has 0 saturated heterocycles. The highest BCUT2D eigenvalue weighted by molar-refractivity contribution is 4.73. The predicted octanol–water partition coefficient (Wildman–Crippen LogP) is 2.95. The minimum absolute atomic E-state index is 0.334. The first-order valence-electron chi connectivity index (χ1n) is 7.06. The van der Waals surface area contributed by atoms with E-state index in [-0.39, 0.29) is 0 Å². The van der Waals surface area contributed by atoms with Crippen LogP contribution in [0.3, 0.4) is 0 Å². The van der Waals surface area contributed by atoms with Crippen LogP contribution in [0.2, 0.25) is 0 Å². The second kappa shape index (κ2) is 8.08. The molecule has 2 N–H and O–H groups in total. The molecule has 96 valence electrons. The Balaban J connectivity index is 2.03. The fourth-order valence-corrected chi connectivity index (χ4v) is 2.54. The van der Waals surface area contributed by atoms with Crippen molar-refractivity contribution in [2.45, 2.75) is 64.8 Å². The Hall–Kier alpha value is -0.0800. The van der Waals surface area contributed by atoms with Gasteiger partial charge < -0.3 is 10.4 Å². The first-order valence-corrected chi connectivity index (χ1v) is 7.06. The van der Waals surface area contributed by atoms with Crippen LogP contribution in [-0.2, 0) is 0 Å². The zero-order chi connectivity index (χ0) is 11.8. The van der Waals surface area contributed by atoms with Crippen molar-refractivity contribution in [2.24, 2.45) is 11.8 Å². The van der Waals surface area contributed by atoms with E-state index in [1.165, 1.54) is 38.5 Å². The number of aliphatic hydroxyl groups is 1. The summed E-state index contributed by atoms with van der Waals surface area (Å²) in [5.41, 5.74) is 0. The zero-order valence-electron chi connectivity index (χ0n) is 11.0. The molecule has 1 aliphatic rings. The van der Waals surface area contributed by atoms with Crippen molar-refractivity contribution in [3.63, 3.8) is 0 Å². The van der Waals surface area contributed by atoms with Crippen molar-refractivity contribution < 1.29 is 5.11 Å². The van der Waals surface area contributed by atoms with Crippen molar-refractivity contribution in [2.75, 3.05) is 13.2 Å². The van der Waals surface area contributed by atoms with Crippen molar-refractivity contribution in [3.05, 3.63) is 0 Å². The van der Waals surface area contributed by atoms with E-state index in [1.54, 1.807) is 0 Å². The van der Waals surface area contributed by atoms with Gasteiger partial charge in [0.1, 0.15) is 0 Å². The van der Waals surface area contributed by atoms with E-state index >= 15 is 0 Å². The fourth-order valence-electron chi connectivity index (χ4n) is 2.54. The van der Waals surface area contributed by atoms with Crippen LogP contribution < -0.4 is 5.32 Å². The highest BCUT2D eigenvalue weighted by atomic mass is 16.3. The molecule has 0 amide bonds. The van der Waals surface area contributed by atoms with Crippen LogP contribution in [0, 0.1) is 11.8 Å². The van der Waals surface area contributed by atoms with Crippen LogP contribution in [-0.4, -0.2) is 24.3 Å². The maximum Gasteiger partial charge on any atom is 0.0456 e. The molecular weight excluding hydrogens is 198 g/mol. The van der Waals surface area contributed by atoms with E-state index in [0.717, 1.165) is 24.9 Å². The second-order valence-electron chi connectivity index (χ2n) is 5.69. The molecule has 16 heavy (non-hydrogen) atoms. The molecule has 2 heteroatoms. The van der Waals surface area contributed by atoms with Gasteiger partial charge in [0.25, 0.3) is 0 Å². The summed E-state index contributed by atoms with van der Waals surface area (Å²) in [4.78, 5) is 0. The molecule has 0 heterocycles. The average Bonchev–Trinajstić information content (AvgIpc) is 2.49. The molecule has 0 aromatic heterocycles. The maximum absolute atomic E-state index is 8.93. The summed E-state index contributed by atoms with van der Waals surface area (Å²) in [7, 11) is 0. The summed E-state index contributed by atoms with van der Waals surface area (Å²) in [5.74, 6) is 1.40. The lowest BCUT2D eigenvalue weighted by Crippen LogP contribution is -2.29. The highest BCUT2D eigenvalue weighted by Crippen LogP contribution is 2.22. The molecule has 1 fully saturated rings. The van der Waals surface area contributed by atoms with Crippen LogP contribution in [0.25, 0.3) is 0 Å². The molecule has 0 aliphatic heterocycles. The minimum atomic E-state index is 0.334. The van der Waals surface area contributed by atoms with Gasteiger partial charge in [0, 0.05) is 12.6 Å². The van der Waals surface area contributed by atoms with Crippen LogP contribution in [0.4, 0.5) is 0 Å². The van der Waals surface area contributed by atoms with Gasteiger partial charge >= 0.3 is 0 Å². The lowest BCUT2D eigenvalue weighted by molar-refractivity contribution is 0.227. The largest absolute Gasteiger partial charge is 0.396 e. The number of rotatable bonds is 6. The minimum Gasteiger partial charge on any atom is -0.396 e. The molecule has 1 aliphatic carbocycles. The van der Waals surface area contributed by atoms with Crippen molar-refractivity contribution in [1.29, 1.82) is 0 Å². The van der Waals surface area contributed by atoms with Crippen LogP contribution in [0.1, 0.15) is 58.8 Å². The molecule has 0 bridgehead atoms. The number of hydrogen-bond acceptors (Lipinski definition) is 2. The van der Waals surface area contributed by atoms with E-state index in [9.17, 15) is 0 Å². The fraction of sp³-hybridized carbons (Fsp3) is 1.00. The summed E-state index contributed by atoms with van der Waals surface area (Å²) < 4.78 is 0. The lowest BCUT2D eigenvalue weighted by Gasteiger charge is -2.17. The van der Waals surface area contributed by atoms with Crippen LogP contribution in [0.15, 0.2) is 0 Å². The van der Waals surface area contributed by atoms with Gasteiger partial charge in [-0.1, -0.05) is 26.7 Å². The third-order valence-electron chi connectivity index (χ3n) is 3.88. The Bertz CT molecular complexity index is 172. The third kappa shape index (κ3) is 5.86. The van der Waals surface area contributed by atoms with E-state index in [4.69, 9.17) is 5.11 Å². The standard InChI is InChI=1S/C14H29NO/c1-12-5-3-7-14(9-8-12)15-10-4-6-13(2)11-16/h12-16H,3-11H2,1-2H3. The Morgan fingerprint density at radius 1 is 1.25 bits per heavy atom. The molecule has 1 saturated carbocycles. The molecule has 0 spiro atoms. The van der Waals surface area contributed by atoms with E-state index in [2.05, 4.69) is 19.2 Å². The van der Waals surface area contributed by atoms with Gasteiger partial charge in [0.05, 0.1) is 0 Å². The van der Waals surface area contributed by atoms with Gasteiger partial charge in [-0.05, 0) is 50.5 Å². The van der Waals surface area contributed by atoms with Gasteiger partial charge in [-0.25, -0.2) is 0 Å². The number of hydrogen-bond donors (Lipinski definition) is 2. The molecular formula is C14H29NO. The van der Waals surface area contributed by atoms with Gasteiger partial charge in [-0.3, -0.25) is 0 Å². The Morgan fingerprint density at radius 3 is 2.81 bits per heavy atom. The average molecular weight is 227 g/mol. The first kappa shape index (κ1) is 14.0. The summed E-state index contributed by atoms with van der Waals surface area (Å²) >= 11 is 0. The van der Waals surface area contributed by atoms with Crippen molar-refractivity contribution >= 4 is 0 Å². The van der Waals surface area contributed by atoms with Crippen molar-refractivity contribution in [1.82, 2.24) is 5.32 Å². The number of nitrogens with one attached hydrogen (secondary N) is 1. The Labute approximate surface area is 101 Å². The molecule has 0 aromatic carbocycles. The predicted molar refractivity (Wildman–Crippen MR) is 69.5 cm³/mol. The monoisotopic (exact) mass is 227 g/mol. The first-order chi connectivity index (χ1) is 7.72. The van der Waals surface area contributed by atoms with Gasteiger partial charge in [0.15, 0.2) is 0 Å². The van der Waals surface area contributed by atoms with E-state index < -0.39 is 0 Å². The smallest absolute Gasteiger partial charge is 0.0456 e. The zero-order valence-corrected chi connectivity index (χ0v) is 11.0. The molecule has 3 atom stereocenters. The molecule has 1 rings (SSSR count). The Morgan fingerprint density at radius 2 is 2.06 bits per heavy atom. The van der Waals surface area contributed by atoms with Crippen LogP contribution in [0.5, 0.6) is 0 Å². The SMILES string of the molecule is CC(CO)CCCNC1CCCC(C)CC1. The lowest BCUT2D eigenvalue weighted by atomic mass is 10.0. The quantitative estimate of drug-likeness (QED) is 0.540.